The van der Waals surface area contributed by atoms with Crippen LogP contribution in [0.4, 0.5) is 0 Å². The number of imidazole rings is 1. The standard InChI is InChI=1S/C18H19N3/c1-2-6-18-17(5-1)19-14-21(18)16-9-7-15(8-10-16)13-20-11-3-4-12-20/h1-2,5-10,14H,3-4,11-13H2. The van der Waals surface area contributed by atoms with Gasteiger partial charge in [-0.15, -0.1) is 0 Å². The molecule has 0 saturated carbocycles. The zero-order valence-corrected chi connectivity index (χ0v) is 12.1. The van der Waals surface area contributed by atoms with Crippen LogP contribution in [0, 0.1) is 0 Å². The van der Waals surface area contributed by atoms with Gasteiger partial charge >= 0.3 is 0 Å². The van der Waals surface area contributed by atoms with Crippen LogP contribution >= 0.6 is 0 Å². The lowest BCUT2D eigenvalue weighted by Gasteiger charge is -2.14. The summed E-state index contributed by atoms with van der Waals surface area (Å²) < 4.78 is 2.15. The highest BCUT2D eigenvalue weighted by Gasteiger charge is 2.11. The van der Waals surface area contributed by atoms with E-state index in [-0.39, 0.29) is 0 Å². The van der Waals surface area contributed by atoms with Gasteiger partial charge in [-0.2, -0.15) is 0 Å². The molecule has 2 aromatic carbocycles. The van der Waals surface area contributed by atoms with Crippen molar-refractivity contribution < 1.29 is 0 Å². The molecule has 0 amide bonds. The fourth-order valence-corrected chi connectivity index (χ4v) is 3.13. The molecule has 0 aliphatic carbocycles. The van der Waals surface area contributed by atoms with Crippen molar-refractivity contribution in [2.24, 2.45) is 0 Å². The zero-order chi connectivity index (χ0) is 14.1. The second-order valence-electron chi connectivity index (χ2n) is 5.75. The molecule has 2 heterocycles. The molecule has 1 aliphatic rings. The summed E-state index contributed by atoms with van der Waals surface area (Å²) in [6.07, 6.45) is 4.60. The molecule has 0 spiro atoms. The van der Waals surface area contributed by atoms with Gasteiger partial charge in [0.05, 0.1) is 11.0 Å². The molecule has 1 aromatic heterocycles. The minimum atomic E-state index is 1.04. The van der Waals surface area contributed by atoms with Crippen LogP contribution in [-0.4, -0.2) is 27.5 Å². The lowest BCUT2D eigenvalue weighted by atomic mass is 10.2. The molecule has 1 saturated heterocycles. The van der Waals surface area contributed by atoms with E-state index >= 15 is 0 Å². The van der Waals surface area contributed by atoms with E-state index in [2.05, 4.69) is 50.8 Å². The largest absolute Gasteiger partial charge is 0.299 e. The molecule has 0 bridgehead atoms. The second kappa shape index (κ2) is 5.34. The molecule has 4 rings (SSSR count). The molecular weight excluding hydrogens is 258 g/mol. The van der Waals surface area contributed by atoms with E-state index in [0.717, 1.165) is 17.6 Å². The first-order valence-corrected chi connectivity index (χ1v) is 7.64. The number of para-hydroxylation sites is 2. The van der Waals surface area contributed by atoms with E-state index in [4.69, 9.17) is 0 Å². The van der Waals surface area contributed by atoms with Crippen molar-refractivity contribution >= 4 is 11.0 Å². The fourth-order valence-electron chi connectivity index (χ4n) is 3.13. The van der Waals surface area contributed by atoms with Crippen LogP contribution in [-0.2, 0) is 6.54 Å². The quantitative estimate of drug-likeness (QED) is 0.729. The highest BCUT2D eigenvalue weighted by atomic mass is 15.1. The van der Waals surface area contributed by atoms with E-state index in [1.165, 1.54) is 37.2 Å². The van der Waals surface area contributed by atoms with Crippen LogP contribution < -0.4 is 0 Å². The fraction of sp³-hybridized carbons (Fsp3) is 0.278. The Balaban J connectivity index is 1.61. The summed E-state index contributed by atoms with van der Waals surface area (Å²) in [4.78, 5) is 6.98. The van der Waals surface area contributed by atoms with Crippen molar-refractivity contribution in [3.63, 3.8) is 0 Å². The molecule has 1 aliphatic heterocycles. The van der Waals surface area contributed by atoms with Crippen LogP contribution in [0.2, 0.25) is 0 Å². The molecule has 1 fully saturated rings. The lowest BCUT2D eigenvalue weighted by molar-refractivity contribution is 0.331. The van der Waals surface area contributed by atoms with Gasteiger partial charge in [-0.25, -0.2) is 4.98 Å². The smallest absolute Gasteiger partial charge is 0.100 e. The topological polar surface area (TPSA) is 21.1 Å². The number of rotatable bonds is 3. The van der Waals surface area contributed by atoms with Gasteiger partial charge in [-0.1, -0.05) is 24.3 Å². The Morgan fingerprint density at radius 2 is 1.67 bits per heavy atom. The SMILES string of the molecule is c1ccc2c(c1)ncn2-c1ccc(CN2CCCC2)cc1. The molecular formula is C18H19N3. The third kappa shape index (κ3) is 2.45. The third-order valence-corrected chi connectivity index (χ3v) is 4.27. The van der Waals surface area contributed by atoms with Gasteiger partial charge in [0.15, 0.2) is 0 Å². The Kier molecular flexibility index (Phi) is 3.20. The number of hydrogen-bond acceptors (Lipinski definition) is 2. The monoisotopic (exact) mass is 277 g/mol. The van der Waals surface area contributed by atoms with Crippen molar-refractivity contribution in [2.45, 2.75) is 19.4 Å². The number of nitrogens with zero attached hydrogens (tertiary/aromatic N) is 3. The van der Waals surface area contributed by atoms with Gasteiger partial charge in [0, 0.05) is 12.2 Å². The first kappa shape index (κ1) is 12.6. The van der Waals surface area contributed by atoms with Gasteiger partial charge in [0.1, 0.15) is 6.33 Å². The van der Waals surface area contributed by atoms with Crippen LogP contribution in [0.25, 0.3) is 16.7 Å². The average Bonchev–Trinajstić information content (AvgIpc) is 3.17. The maximum Gasteiger partial charge on any atom is 0.100 e. The molecule has 0 radical (unpaired) electrons. The lowest BCUT2D eigenvalue weighted by Crippen LogP contribution is -2.18. The first-order chi connectivity index (χ1) is 10.4. The van der Waals surface area contributed by atoms with Gasteiger partial charge in [-0.3, -0.25) is 9.47 Å². The Morgan fingerprint density at radius 3 is 2.48 bits per heavy atom. The summed E-state index contributed by atoms with van der Waals surface area (Å²) in [6, 6.07) is 17.1. The van der Waals surface area contributed by atoms with Crippen molar-refractivity contribution in [1.29, 1.82) is 0 Å². The predicted molar refractivity (Wildman–Crippen MR) is 85.6 cm³/mol. The Hall–Kier alpha value is -2.13. The van der Waals surface area contributed by atoms with E-state index in [1.807, 2.05) is 18.5 Å². The normalized spacial score (nSPS) is 15.8. The van der Waals surface area contributed by atoms with E-state index in [9.17, 15) is 0 Å². The molecule has 3 nitrogen and oxygen atoms in total. The number of aromatic nitrogens is 2. The van der Waals surface area contributed by atoms with Gasteiger partial charge in [0.25, 0.3) is 0 Å². The number of likely N-dealkylation sites (tertiary alicyclic amines) is 1. The highest BCUT2D eigenvalue weighted by molar-refractivity contribution is 5.77. The predicted octanol–water partition coefficient (Wildman–Crippen LogP) is 3.62. The van der Waals surface area contributed by atoms with Crippen molar-refractivity contribution in [3.8, 4) is 5.69 Å². The summed E-state index contributed by atoms with van der Waals surface area (Å²) in [6.45, 7) is 3.56. The number of benzene rings is 2. The van der Waals surface area contributed by atoms with Crippen LogP contribution in [0.1, 0.15) is 18.4 Å². The van der Waals surface area contributed by atoms with E-state index in [1.54, 1.807) is 0 Å². The summed E-state index contributed by atoms with van der Waals surface area (Å²) in [5, 5.41) is 0. The summed E-state index contributed by atoms with van der Waals surface area (Å²) in [5.41, 5.74) is 4.77. The minimum absolute atomic E-state index is 1.04. The minimum Gasteiger partial charge on any atom is -0.299 e. The Morgan fingerprint density at radius 1 is 0.905 bits per heavy atom. The first-order valence-electron chi connectivity index (χ1n) is 7.64. The Bertz CT molecular complexity index is 737. The molecule has 0 atom stereocenters. The molecule has 0 N–H and O–H groups in total. The van der Waals surface area contributed by atoms with E-state index in [0.29, 0.717) is 0 Å². The molecule has 3 heteroatoms. The maximum atomic E-state index is 4.46. The third-order valence-electron chi connectivity index (χ3n) is 4.27. The Labute approximate surface area is 124 Å². The molecule has 21 heavy (non-hydrogen) atoms. The number of hydrogen-bond donors (Lipinski definition) is 0. The zero-order valence-electron chi connectivity index (χ0n) is 12.1. The van der Waals surface area contributed by atoms with Crippen LogP contribution in [0.5, 0.6) is 0 Å². The van der Waals surface area contributed by atoms with Crippen molar-refractivity contribution in [1.82, 2.24) is 14.5 Å². The second-order valence-corrected chi connectivity index (χ2v) is 5.75. The summed E-state index contributed by atoms with van der Waals surface area (Å²) >= 11 is 0. The molecule has 3 aromatic rings. The highest BCUT2D eigenvalue weighted by Crippen LogP contribution is 2.19. The number of fused-ring (bicyclic) bond motifs is 1. The van der Waals surface area contributed by atoms with Crippen LogP contribution in [0.15, 0.2) is 54.9 Å². The van der Waals surface area contributed by atoms with Gasteiger partial charge < -0.3 is 0 Å². The van der Waals surface area contributed by atoms with Crippen molar-refractivity contribution in [3.05, 3.63) is 60.4 Å². The summed E-state index contributed by atoms with van der Waals surface area (Å²) in [7, 11) is 0. The average molecular weight is 277 g/mol. The van der Waals surface area contributed by atoms with Crippen molar-refractivity contribution in [2.75, 3.05) is 13.1 Å². The summed E-state index contributed by atoms with van der Waals surface area (Å²) in [5.74, 6) is 0. The molecule has 106 valence electrons. The van der Waals surface area contributed by atoms with E-state index < -0.39 is 0 Å². The van der Waals surface area contributed by atoms with Gasteiger partial charge in [0.2, 0.25) is 0 Å². The van der Waals surface area contributed by atoms with Crippen LogP contribution in [0.3, 0.4) is 0 Å². The van der Waals surface area contributed by atoms with Gasteiger partial charge in [-0.05, 0) is 55.8 Å². The maximum absolute atomic E-state index is 4.46. The molecule has 0 unspecified atom stereocenters.